The maximum absolute atomic E-state index is 6.33. The molecule has 0 fully saturated rings. The third kappa shape index (κ3) is 4.46. The molecule has 3 N–H and O–H groups in total. The van der Waals surface area contributed by atoms with Crippen LogP contribution in [0.2, 0.25) is 0 Å². The highest BCUT2D eigenvalue weighted by Gasteiger charge is 2.18. The molecule has 0 unspecified atom stereocenters. The number of aromatic nitrogens is 1. The fourth-order valence-corrected chi connectivity index (χ4v) is 5.57. The largest absolute Gasteiger partial charge is 0.455 e. The van der Waals surface area contributed by atoms with Crippen molar-refractivity contribution >= 4 is 60.8 Å². The normalized spacial score (nSPS) is 11.1. The first-order valence-corrected chi connectivity index (χ1v) is 13.7. The summed E-state index contributed by atoms with van der Waals surface area (Å²) >= 11 is 0. The fourth-order valence-electron chi connectivity index (χ4n) is 5.57. The molecule has 4 nitrogen and oxygen atoms in total. The van der Waals surface area contributed by atoms with E-state index in [1.165, 1.54) is 43.8 Å². The van der Waals surface area contributed by atoms with E-state index in [0.717, 1.165) is 28.2 Å². The molecule has 0 bridgehead atoms. The molecule has 8 rings (SSSR count). The van der Waals surface area contributed by atoms with Crippen LogP contribution in [0.25, 0.3) is 49.4 Å². The number of aryl methyl sites for hydroxylation is 1. The predicted molar refractivity (Wildman–Crippen MR) is 173 cm³/mol. The predicted octanol–water partition coefficient (Wildman–Crippen LogP) is 10.0. The molecule has 0 aliphatic carbocycles. The molecule has 2 aromatic heterocycles. The van der Waals surface area contributed by atoms with Gasteiger partial charge in [-0.3, -0.25) is 0 Å². The van der Waals surface area contributed by atoms with Gasteiger partial charge in [-0.1, -0.05) is 78.9 Å². The monoisotopic (exact) mass is 531 g/mol. The molecule has 6 aromatic carbocycles. The number of fused-ring (bicyclic) bond motifs is 7. The van der Waals surface area contributed by atoms with Gasteiger partial charge in [-0.25, -0.2) is 0 Å². The van der Waals surface area contributed by atoms with Gasteiger partial charge in [-0.05, 0) is 73.2 Å². The van der Waals surface area contributed by atoms with E-state index in [1.54, 1.807) is 0 Å². The molecule has 4 heteroatoms. The second-order valence-electron chi connectivity index (χ2n) is 10.2. The highest BCUT2D eigenvalue weighted by atomic mass is 16.3. The summed E-state index contributed by atoms with van der Waals surface area (Å²) in [5.41, 5.74) is 15.3. The summed E-state index contributed by atoms with van der Waals surface area (Å²) in [5.74, 6) is 0. The van der Waals surface area contributed by atoms with Gasteiger partial charge in [0.15, 0.2) is 0 Å². The molecule has 0 spiro atoms. The van der Waals surface area contributed by atoms with Crippen LogP contribution in [0.1, 0.15) is 5.56 Å². The Kier molecular flexibility index (Phi) is 6.14. The minimum Gasteiger partial charge on any atom is -0.455 e. The summed E-state index contributed by atoms with van der Waals surface area (Å²) in [6.45, 7) is 2.13. The highest BCUT2D eigenvalue weighted by molar-refractivity contribution is 6.23. The summed E-state index contributed by atoms with van der Waals surface area (Å²) in [4.78, 5) is 0. The van der Waals surface area contributed by atoms with Crippen molar-refractivity contribution in [3.05, 3.63) is 145 Å². The van der Waals surface area contributed by atoms with Gasteiger partial charge in [0.2, 0.25) is 0 Å². The number of benzene rings is 6. The number of rotatable bonds is 3. The van der Waals surface area contributed by atoms with E-state index in [0.29, 0.717) is 0 Å². The van der Waals surface area contributed by atoms with Crippen LogP contribution in [-0.2, 0) is 0 Å². The van der Waals surface area contributed by atoms with E-state index < -0.39 is 0 Å². The molecule has 0 saturated heterocycles. The van der Waals surface area contributed by atoms with Gasteiger partial charge in [-0.15, -0.1) is 0 Å². The van der Waals surface area contributed by atoms with E-state index in [2.05, 4.69) is 89.6 Å². The number of nitrogens with two attached hydrogens (primary N) is 1. The lowest BCUT2D eigenvalue weighted by atomic mass is 10.1. The minimum atomic E-state index is 0.761. The third-order valence-corrected chi connectivity index (χ3v) is 7.45. The topological polar surface area (TPSA) is 56.1 Å². The van der Waals surface area contributed by atoms with Crippen molar-refractivity contribution in [2.75, 3.05) is 11.1 Å². The van der Waals surface area contributed by atoms with Gasteiger partial charge < -0.3 is 20.0 Å². The van der Waals surface area contributed by atoms with Crippen LogP contribution in [0, 0.1) is 6.92 Å². The molecular formula is C37H29N3O. The molecule has 0 amide bonds. The third-order valence-electron chi connectivity index (χ3n) is 7.45. The fraction of sp³-hybridized carbons (Fsp3) is 0.0270. The molecule has 0 aliphatic heterocycles. The lowest BCUT2D eigenvalue weighted by Gasteiger charge is -2.08. The number of nitrogen functional groups attached to an aromatic ring is 1. The Morgan fingerprint density at radius 3 is 2.17 bits per heavy atom. The second kappa shape index (κ2) is 10.2. The smallest absolute Gasteiger partial charge is 0.145 e. The second-order valence-corrected chi connectivity index (χ2v) is 10.2. The summed E-state index contributed by atoms with van der Waals surface area (Å²) in [5, 5.41) is 7.99. The Bertz CT molecular complexity index is 2150. The molecule has 0 saturated carbocycles. The van der Waals surface area contributed by atoms with Gasteiger partial charge >= 0.3 is 0 Å². The maximum Gasteiger partial charge on any atom is 0.145 e. The van der Waals surface area contributed by atoms with Crippen LogP contribution in [0.5, 0.6) is 0 Å². The first kappa shape index (κ1) is 24.6. The van der Waals surface area contributed by atoms with Gasteiger partial charge in [0.1, 0.15) is 11.2 Å². The van der Waals surface area contributed by atoms with Crippen molar-refractivity contribution < 1.29 is 4.42 Å². The lowest BCUT2D eigenvalue weighted by Crippen LogP contribution is -1.94. The van der Waals surface area contributed by atoms with Gasteiger partial charge in [0.05, 0.1) is 27.8 Å². The minimum absolute atomic E-state index is 0.761. The average molecular weight is 532 g/mol. The van der Waals surface area contributed by atoms with Gasteiger partial charge in [0, 0.05) is 27.5 Å². The van der Waals surface area contributed by atoms with E-state index >= 15 is 0 Å². The Balaban J connectivity index is 0.000000167. The van der Waals surface area contributed by atoms with Crippen LogP contribution in [0.15, 0.2) is 144 Å². The first-order valence-electron chi connectivity index (χ1n) is 13.7. The van der Waals surface area contributed by atoms with Crippen LogP contribution in [0.3, 0.4) is 0 Å². The van der Waals surface area contributed by atoms with Crippen LogP contribution >= 0.6 is 0 Å². The lowest BCUT2D eigenvalue weighted by molar-refractivity contribution is 0.673. The summed E-state index contributed by atoms with van der Waals surface area (Å²) in [6, 6.07) is 47.6. The molecule has 41 heavy (non-hydrogen) atoms. The zero-order chi connectivity index (χ0) is 27.8. The van der Waals surface area contributed by atoms with Crippen LogP contribution in [-0.4, -0.2) is 4.57 Å². The number of hydrogen-bond donors (Lipinski definition) is 2. The standard InChI is InChI=1S/C25H17NO.C12H12N2/c1-16-7-6-8-17(15-16)26-21-11-4-2-10-20(21)24-22(26)14-13-19-18-9-3-5-12-23(18)27-25(19)24;13-11-8-4-5-9-12(11)14-10-6-2-1-3-7-10/h2-15H,1H3;1-9,14H,13H2. The van der Waals surface area contributed by atoms with Gasteiger partial charge in [-0.2, -0.15) is 0 Å². The van der Waals surface area contributed by atoms with E-state index in [4.69, 9.17) is 10.2 Å². The zero-order valence-electron chi connectivity index (χ0n) is 22.7. The molecule has 0 aliphatic rings. The Hall–Kier alpha value is -5.48. The Morgan fingerprint density at radius 1 is 0.610 bits per heavy atom. The highest BCUT2D eigenvalue weighted by Crippen LogP contribution is 2.40. The van der Waals surface area contributed by atoms with Crippen molar-refractivity contribution in [3.63, 3.8) is 0 Å². The van der Waals surface area contributed by atoms with Crippen molar-refractivity contribution in [3.8, 4) is 5.69 Å². The number of nitrogens with one attached hydrogen (secondary N) is 1. The number of anilines is 3. The van der Waals surface area contributed by atoms with Crippen LogP contribution < -0.4 is 11.1 Å². The van der Waals surface area contributed by atoms with Gasteiger partial charge in [0.25, 0.3) is 0 Å². The van der Waals surface area contributed by atoms with Crippen molar-refractivity contribution in [1.29, 1.82) is 0 Å². The number of para-hydroxylation sites is 5. The number of nitrogens with zero attached hydrogens (tertiary/aromatic N) is 1. The summed E-state index contributed by atoms with van der Waals surface area (Å²) < 4.78 is 8.67. The first-order chi connectivity index (χ1) is 20.2. The molecule has 2 heterocycles. The van der Waals surface area contributed by atoms with E-state index in [1.807, 2.05) is 66.7 Å². The van der Waals surface area contributed by atoms with E-state index in [9.17, 15) is 0 Å². The average Bonchev–Trinajstić information content (AvgIpc) is 3.55. The zero-order valence-corrected chi connectivity index (χ0v) is 22.7. The van der Waals surface area contributed by atoms with Crippen molar-refractivity contribution in [2.45, 2.75) is 6.92 Å². The quantitative estimate of drug-likeness (QED) is 0.223. The Morgan fingerprint density at radius 2 is 1.34 bits per heavy atom. The number of hydrogen-bond acceptors (Lipinski definition) is 3. The van der Waals surface area contributed by atoms with Crippen LogP contribution in [0.4, 0.5) is 17.1 Å². The van der Waals surface area contributed by atoms with Crippen molar-refractivity contribution in [2.24, 2.45) is 0 Å². The van der Waals surface area contributed by atoms with Crippen molar-refractivity contribution in [1.82, 2.24) is 4.57 Å². The molecule has 0 radical (unpaired) electrons. The summed E-state index contributed by atoms with van der Waals surface area (Å²) in [7, 11) is 0. The maximum atomic E-state index is 6.33. The number of furan rings is 1. The SMILES string of the molecule is Cc1cccc(-n2c3ccccc3c3c4oc5ccccc5c4ccc32)c1.Nc1ccccc1Nc1ccccc1. The van der Waals surface area contributed by atoms with E-state index in [-0.39, 0.29) is 0 Å². The summed E-state index contributed by atoms with van der Waals surface area (Å²) in [6.07, 6.45) is 0. The Labute approximate surface area is 238 Å². The molecule has 8 aromatic rings. The molecule has 198 valence electrons. The molecular weight excluding hydrogens is 502 g/mol. The molecule has 0 atom stereocenters.